The van der Waals surface area contributed by atoms with Crippen LogP contribution in [-0.2, 0) is 0 Å². The zero-order chi connectivity index (χ0) is 14.0. The van der Waals surface area contributed by atoms with Crippen molar-refractivity contribution in [3.05, 3.63) is 45.6 Å². The van der Waals surface area contributed by atoms with Crippen molar-refractivity contribution in [1.29, 1.82) is 0 Å². The zero-order valence-electron chi connectivity index (χ0n) is 10.0. The number of hydrogen-bond donors (Lipinski definition) is 3. The lowest BCUT2D eigenvalue weighted by atomic mass is 10.1. The van der Waals surface area contributed by atoms with E-state index in [0.29, 0.717) is 5.56 Å². The Kier molecular flexibility index (Phi) is 3.52. The standard InChI is InChI=1S/C13H11NO4S/c1-7-5-19-6-9(7)12(16)14-10-3-2-8(13(17)18)4-11(10)15/h2-6,15H,1H3,(H,14,16)(H,17,18). The maximum absolute atomic E-state index is 11.9. The summed E-state index contributed by atoms with van der Waals surface area (Å²) in [5.41, 5.74) is 1.53. The second-order valence-corrected chi connectivity index (χ2v) is 4.70. The number of carboxylic acid groups (broad SMARTS) is 1. The molecular formula is C13H11NO4S. The fourth-order valence-corrected chi connectivity index (χ4v) is 2.38. The molecule has 1 amide bonds. The summed E-state index contributed by atoms with van der Waals surface area (Å²) < 4.78 is 0. The van der Waals surface area contributed by atoms with Crippen LogP contribution < -0.4 is 5.32 Å². The van der Waals surface area contributed by atoms with Crippen molar-refractivity contribution in [3.63, 3.8) is 0 Å². The second kappa shape index (κ2) is 5.11. The first kappa shape index (κ1) is 13.1. The number of anilines is 1. The van der Waals surface area contributed by atoms with Crippen LogP contribution in [0.4, 0.5) is 5.69 Å². The molecule has 0 atom stereocenters. The van der Waals surface area contributed by atoms with Crippen molar-refractivity contribution in [2.45, 2.75) is 6.92 Å². The van der Waals surface area contributed by atoms with E-state index in [1.807, 2.05) is 12.3 Å². The minimum absolute atomic E-state index is 0.0396. The average molecular weight is 277 g/mol. The number of benzene rings is 1. The molecule has 2 aromatic rings. The molecule has 1 aromatic carbocycles. The van der Waals surface area contributed by atoms with E-state index in [2.05, 4.69) is 5.32 Å². The molecule has 6 heteroatoms. The van der Waals surface area contributed by atoms with Crippen LogP contribution in [-0.4, -0.2) is 22.1 Å². The van der Waals surface area contributed by atoms with Crippen LogP contribution in [0.5, 0.6) is 5.75 Å². The number of aromatic carboxylic acids is 1. The van der Waals surface area contributed by atoms with Crippen LogP contribution in [0, 0.1) is 6.92 Å². The Morgan fingerprint density at radius 1 is 1.26 bits per heavy atom. The number of carboxylic acids is 1. The van der Waals surface area contributed by atoms with Gasteiger partial charge in [-0.3, -0.25) is 4.79 Å². The lowest BCUT2D eigenvalue weighted by Crippen LogP contribution is -2.12. The van der Waals surface area contributed by atoms with Crippen molar-refractivity contribution in [2.24, 2.45) is 0 Å². The largest absolute Gasteiger partial charge is 0.506 e. The van der Waals surface area contributed by atoms with Gasteiger partial charge >= 0.3 is 5.97 Å². The van der Waals surface area contributed by atoms with Gasteiger partial charge < -0.3 is 15.5 Å². The summed E-state index contributed by atoms with van der Waals surface area (Å²) in [4.78, 5) is 22.7. The molecule has 0 radical (unpaired) electrons. The Morgan fingerprint density at radius 3 is 2.53 bits per heavy atom. The van der Waals surface area contributed by atoms with E-state index in [4.69, 9.17) is 5.11 Å². The summed E-state index contributed by atoms with van der Waals surface area (Å²) in [6.07, 6.45) is 0. The minimum Gasteiger partial charge on any atom is -0.506 e. The number of nitrogens with one attached hydrogen (secondary N) is 1. The number of phenols is 1. The number of rotatable bonds is 3. The number of phenolic OH excluding ortho intramolecular Hbond substituents is 1. The number of hydrogen-bond acceptors (Lipinski definition) is 4. The molecule has 0 aliphatic heterocycles. The Labute approximate surface area is 113 Å². The van der Waals surface area contributed by atoms with Crippen LogP contribution >= 0.6 is 11.3 Å². The normalized spacial score (nSPS) is 10.2. The number of carbonyl (C=O) groups excluding carboxylic acids is 1. The topological polar surface area (TPSA) is 86.6 Å². The number of thiophene rings is 1. The van der Waals surface area contributed by atoms with Gasteiger partial charge in [-0.25, -0.2) is 4.79 Å². The summed E-state index contributed by atoms with van der Waals surface area (Å²) in [7, 11) is 0. The number of aryl methyl sites for hydroxylation is 1. The van der Waals surface area contributed by atoms with Crippen molar-refractivity contribution >= 4 is 28.9 Å². The van der Waals surface area contributed by atoms with Gasteiger partial charge in [0, 0.05) is 5.38 Å². The van der Waals surface area contributed by atoms with Crippen molar-refractivity contribution < 1.29 is 19.8 Å². The van der Waals surface area contributed by atoms with E-state index in [0.717, 1.165) is 11.6 Å². The van der Waals surface area contributed by atoms with Gasteiger partial charge in [-0.2, -0.15) is 11.3 Å². The van der Waals surface area contributed by atoms with Crippen molar-refractivity contribution in [3.8, 4) is 5.75 Å². The quantitative estimate of drug-likeness (QED) is 0.753. The Balaban J connectivity index is 2.23. The van der Waals surface area contributed by atoms with E-state index in [9.17, 15) is 14.7 Å². The lowest BCUT2D eigenvalue weighted by Gasteiger charge is -2.07. The third-order valence-electron chi connectivity index (χ3n) is 2.59. The van der Waals surface area contributed by atoms with Gasteiger partial charge in [-0.1, -0.05) is 0 Å². The van der Waals surface area contributed by atoms with E-state index >= 15 is 0 Å². The molecule has 5 nitrogen and oxygen atoms in total. The maximum Gasteiger partial charge on any atom is 0.335 e. The summed E-state index contributed by atoms with van der Waals surface area (Å²) in [6.45, 7) is 1.82. The van der Waals surface area contributed by atoms with Crippen molar-refractivity contribution in [2.75, 3.05) is 5.32 Å². The predicted molar refractivity (Wildman–Crippen MR) is 72.1 cm³/mol. The van der Waals surface area contributed by atoms with E-state index in [1.54, 1.807) is 5.38 Å². The highest BCUT2D eigenvalue weighted by atomic mass is 32.1. The summed E-state index contributed by atoms with van der Waals surface area (Å²) in [5, 5.41) is 24.6. The first-order valence-corrected chi connectivity index (χ1v) is 6.34. The lowest BCUT2D eigenvalue weighted by molar-refractivity contribution is 0.0696. The molecule has 0 bridgehead atoms. The van der Waals surface area contributed by atoms with Crippen LogP contribution in [0.25, 0.3) is 0 Å². The summed E-state index contributed by atoms with van der Waals surface area (Å²) in [5.74, 6) is -1.75. The predicted octanol–water partition coefficient (Wildman–Crippen LogP) is 2.71. The van der Waals surface area contributed by atoms with E-state index in [1.165, 1.54) is 23.5 Å². The fourth-order valence-electron chi connectivity index (χ4n) is 1.55. The van der Waals surface area contributed by atoms with Gasteiger partial charge in [0.2, 0.25) is 0 Å². The molecule has 0 saturated heterocycles. The smallest absolute Gasteiger partial charge is 0.335 e. The molecule has 0 saturated carbocycles. The maximum atomic E-state index is 11.9. The van der Waals surface area contributed by atoms with Crippen LogP contribution in [0.3, 0.4) is 0 Å². The number of carbonyl (C=O) groups is 2. The highest BCUT2D eigenvalue weighted by Crippen LogP contribution is 2.25. The number of aromatic hydroxyl groups is 1. The summed E-state index contributed by atoms with van der Waals surface area (Å²) >= 11 is 1.41. The molecule has 0 fully saturated rings. The van der Waals surface area contributed by atoms with Gasteiger partial charge in [0.25, 0.3) is 5.91 Å². The molecule has 3 N–H and O–H groups in total. The van der Waals surface area contributed by atoms with Gasteiger partial charge in [0.1, 0.15) is 5.75 Å². The van der Waals surface area contributed by atoms with Crippen LogP contribution in [0.2, 0.25) is 0 Å². The fraction of sp³-hybridized carbons (Fsp3) is 0.0769. The van der Waals surface area contributed by atoms with Gasteiger partial charge in [-0.05, 0) is 36.1 Å². The molecule has 1 heterocycles. The first-order valence-electron chi connectivity index (χ1n) is 5.39. The third-order valence-corrected chi connectivity index (χ3v) is 3.45. The number of amides is 1. The molecule has 98 valence electrons. The van der Waals surface area contributed by atoms with Crippen LogP contribution in [0.1, 0.15) is 26.3 Å². The molecule has 0 aliphatic carbocycles. The van der Waals surface area contributed by atoms with E-state index in [-0.39, 0.29) is 22.9 Å². The van der Waals surface area contributed by atoms with Gasteiger partial charge in [0.15, 0.2) is 0 Å². The molecule has 0 aliphatic rings. The highest BCUT2D eigenvalue weighted by molar-refractivity contribution is 7.08. The van der Waals surface area contributed by atoms with Crippen LogP contribution in [0.15, 0.2) is 29.0 Å². The minimum atomic E-state index is -1.14. The Bertz CT molecular complexity index is 648. The highest BCUT2D eigenvalue weighted by Gasteiger charge is 2.13. The zero-order valence-corrected chi connectivity index (χ0v) is 10.8. The first-order chi connectivity index (χ1) is 8.99. The van der Waals surface area contributed by atoms with Crippen molar-refractivity contribution in [1.82, 2.24) is 0 Å². The van der Waals surface area contributed by atoms with E-state index < -0.39 is 5.97 Å². The molecule has 19 heavy (non-hydrogen) atoms. The monoisotopic (exact) mass is 277 g/mol. The average Bonchev–Trinajstić information content (AvgIpc) is 2.77. The molecular weight excluding hydrogens is 266 g/mol. The second-order valence-electron chi connectivity index (χ2n) is 3.96. The molecule has 0 unspecified atom stereocenters. The SMILES string of the molecule is Cc1cscc1C(=O)Nc1ccc(C(=O)O)cc1O. The molecule has 1 aromatic heterocycles. The molecule has 0 spiro atoms. The molecule has 2 rings (SSSR count). The Morgan fingerprint density at radius 2 is 2.00 bits per heavy atom. The van der Waals surface area contributed by atoms with Gasteiger partial charge in [0.05, 0.1) is 16.8 Å². The van der Waals surface area contributed by atoms with Gasteiger partial charge in [-0.15, -0.1) is 0 Å². The summed E-state index contributed by atoms with van der Waals surface area (Å²) in [6, 6.07) is 3.77. The Hall–Kier alpha value is -2.34. The third kappa shape index (κ3) is 2.74.